The Balaban J connectivity index is 1.66. The summed E-state index contributed by atoms with van der Waals surface area (Å²) in [6.07, 6.45) is 18.9. The Morgan fingerprint density at radius 2 is 1.86 bits per heavy atom. The highest BCUT2D eigenvalue weighted by Crippen LogP contribution is 2.44. The van der Waals surface area contributed by atoms with Crippen LogP contribution in [0.3, 0.4) is 0 Å². The van der Waals surface area contributed by atoms with Gasteiger partial charge in [-0.25, -0.2) is 18.2 Å². The van der Waals surface area contributed by atoms with Crippen LogP contribution < -0.4 is 5.32 Å². The summed E-state index contributed by atoms with van der Waals surface area (Å²) >= 11 is 0. The summed E-state index contributed by atoms with van der Waals surface area (Å²) in [7, 11) is 0. The molecule has 1 aliphatic carbocycles. The number of hydrogen-bond acceptors (Lipinski definition) is 2. The first kappa shape index (κ1) is 28.0. The first-order chi connectivity index (χ1) is 17.5. The summed E-state index contributed by atoms with van der Waals surface area (Å²) in [5, 5.41) is 2.12. The second-order valence-electron chi connectivity index (χ2n) is 10.2. The Morgan fingerprint density at radius 3 is 2.51 bits per heavy atom. The Hall–Kier alpha value is -3.61. The normalized spacial score (nSPS) is 18.8. The van der Waals surface area contributed by atoms with Gasteiger partial charge in [0.25, 0.3) is 0 Å². The summed E-state index contributed by atoms with van der Waals surface area (Å²) in [5.41, 5.74) is 3.80. The van der Waals surface area contributed by atoms with E-state index in [0.29, 0.717) is 23.6 Å². The molecule has 3 rings (SSSR count). The van der Waals surface area contributed by atoms with Crippen LogP contribution in [-0.2, 0) is 11.3 Å². The van der Waals surface area contributed by atoms with Crippen LogP contribution in [0.25, 0.3) is 0 Å². The van der Waals surface area contributed by atoms with Gasteiger partial charge in [-0.3, -0.25) is 4.79 Å². The van der Waals surface area contributed by atoms with Gasteiger partial charge in [-0.1, -0.05) is 55.4 Å². The molecule has 1 amide bonds. The summed E-state index contributed by atoms with van der Waals surface area (Å²) in [4.78, 5) is 16.3. The van der Waals surface area contributed by atoms with E-state index in [4.69, 9.17) is 0 Å². The zero-order valence-electron chi connectivity index (χ0n) is 22.0. The molecule has 1 heterocycles. The van der Waals surface area contributed by atoms with E-state index in [1.807, 2.05) is 37.8 Å². The molecule has 4 nitrogen and oxygen atoms in total. The topological polar surface area (TPSA) is 46.9 Å². The lowest BCUT2D eigenvalue weighted by Gasteiger charge is -2.37. The number of benzene rings is 1. The van der Waals surface area contributed by atoms with Crippen molar-refractivity contribution in [3.05, 3.63) is 107 Å². The molecule has 0 saturated carbocycles. The number of amides is 1. The third-order valence-corrected chi connectivity index (χ3v) is 6.72. The number of anilines is 1. The number of aromatic nitrogens is 2. The van der Waals surface area contributed by atoms with Gasteiger partial charge in [-0.2, -0.15) is 0 Å². The first-order valence-electron chi connectivity index (χ1n) is 12.3. The predicted octanol–water partition coefficient (Wildman–Crippen LogP) is 7.70. The highest BCUT2D eigenvalue weighted by Gasteiger charge is 2.31. The van der Waals surface area contributed by atoms with Crippen LogP contribution in [0.5, 0.6) is 0 Å². The average Bonchev–Trinajstić information content (AvgIpc) is 3.31. The third kappa shape index (κ3) is 7.68. The Bertz CT molecular complexity index is 1260. The molecule has 1 unspecified atom stereocenters. The molecule has 1 aliphatic rings. The summed E-state index contributed by atoms with van der Waals surface area (Å²) in [5.74, 6) is -3.62. The van der Waals surface area contributed by atoms with Crippen molar-refractivity contribution in [3.8, 4) is 0 Å². The van der Waals surface area contributed by atoms with E-state index in [1.165, 1.54) is 17.2 Å². The van der Waals surface area contributed by atoms with Crippen molar-refractivity contribution in [1.29, 1.82) is 0 Å². The van der Waals surface area contributed by atoms with E-state index in [0.717, 1.165) is 25.0 Å². The first-order valence-corrected chi connectivity index (χ1v) is 12.3. The van der Waals surface area contributed by atoms with Gasteiger partial charge >= 0.3 is 0 Å². The summed E-state index contributed by atoms with van der Waals surface area (Å²) in [6.45, 7) is 11.4. The molecular weight excluding hydrogens is 475 g/mol. The van der Waals surface area contributed by atoms with Gasteiger partial charge in [0, 0.05) is 37.1 Å². The second-order valence-corrected chi connectivity index (χ2v) is 10.2. The van der Waals surface area contributed by atoms with E-state index in [1.54, 1.807) is 13.0 Å². The van der Waals surface area contributed by atoms with Crippen molar-refractivity contribution in [1.82, 2.24) is 9.55 Å². The molecular formula is C30H34F3N3O. The monoisotopic (exact) mass is 509 g/mol. The lowest BCUT2D eigenvalue weighted by Crippen LogP contribution is -2.26. The molecule has 1 N–H and O–H groups in total. The number of allylic oxidation sites excluding steroid dienone is 9. The Kier molecular flexibility index (Phi) is 9.14. The van der Waals surface area contributed by atoms with Crippen LogP contribution in [0, 0.1) is 28.8 Å². The average molecular weight is 510 g/mol. The maximum Gasteiger partial charge on any atom is 0.248 e. The molecule has 0 saturated heterocycles. The van der Waals surface area contributed by atoms with Crippen molar-refractivity contribution in [2.75, 3.05) is 5.32 Å². The standard InChI is InChI=1S/C30H34F3N3O/c1-20(7-6-8-21(2)15-28(37)35-29-26(32)16-24(31)17-27(29)33)9-10-25-22(3)23(11-12-30(25,4)5)18-36-14-13-34-19-36/h6-10,13-17,19,23H,11-12,18H2,1-5H3,(H,35,37). The minimum Gasteiger partial charge on any atom is -0.337 e. The third-order valence-electron chi connectivity index (χ3n) is 6.72. The number of nitrogens with zero attached hydrogens (tertiary/aromatic N) is 2. The van der Waals surface area contributed by atoms with Crippen molar-refractivity contribution in [2.24, 2.45) is 11.3 Å². The summed E-state index contributed by atoms with van der Waals surface area (Å²) in [6, 6.07) is 1.03. The van der Waals surface area contributed by atoms with Gasteiger partial charge in [-0.15, -0.1) is 0 Å². The van der Waals surface area contributed by atoms with Gasteiger partial charge in [0.2, 0.25) is 5.91 Å². The highest BCUT2D eigenvalue weighted by molar-refractivity contribution is 6.00. The molecule has 0 bridgehead atoms. The van der Waals surface area contributed by atoms with E-state index >= 15 is 0 Å². The largest absolute Gasteiger partial charge is 0.337 e. The molecule has 2 aromatic rings. The molecule has 37 heavy (non-hydrogen) atoms. The van der Waals surface area contributed by atoms with E-state index in [-0.39, 0.29) is 5.41 Å². The Morgan fingerprint density at radius 1 is 1.16 bits per heavy atom. The number of nitrogens with one attached hydrogen (secondary N) is 1. The summed E-state index contributed by atoms with van der Waals surface area (Å²) < 4.78 is 42.6. The highest BCUT2D eigenvalue weighted by atomic mass is 19.1. The number of hydrogen-bond donors (Lipinski definition) is 1. The quantitative estimate of drug-likeness (QED) is 0.293. The fourth-order valence-corrected chi connectivity index (χ4v) is 4.57. The molecule has 1 aromatic heterocycles. The van der Waals surface area contributed by atoms with Gasteiger partial charge in [0.15, 0.2) is 11.6 Å². The SMILES string of the molecule is CC(C=CC1=C(C)C(Cn2ccnc2)CCC1(C)C)=CC=CC(C)=CC(=O)Nc1c(F)cc(F)cc1F. The van der Waals surface area contributed by atoms with Crippen LogP contribution in [0.2, 0.25) is 0 Å². The fraction of sp³-hybridized carbons (Fsp3) is 0.333. The van der Waals surface area contributed by atoms with Crippen molar-refractivity contribution >= 4 is 11.6 Å². The van der Waals surface area contributed by atoms with Crippen molar-refractivity contribution in [3.63, 3.8) is 0 Å². The van der Waals surface area contributed by atoms with Crippen LogP contribution in [0.4, 0.5) is 18.9 Å². The van der Waals surface area contributed by atoms with Gasteiger partial charge < -0.3 is 9.88 Å². The number of carbonyl (C=O) groups excluding carboxylic acids is 1. The lowest BCUT2D eigenvalue weighted by atomic mass is 9.68. The maximum absolute atomic E-state index is 13.7. The molecule has 0 spiro atoms. The smallest absolute Gasteiger partial charge is 0.248 e. The maximum atomic E-state index is 13.7. The van der Waals surface area contributed by atoms with E-state index < -0.39 is 29.0 Å². The minimum atomic E-state index is -1.17. The van der Waals surface area contributed by atoms with Gasteiger partial charge in [0.1, 0.15) is 11.5 Å². The van der Waals surface area contributed by atoms with E-state index in [9.17, 15) is 18.0 Å². The minimum absolute atomic E-state index is 0.0955. The Labute approximate surface area is 217 Å². The molecule has 196 valence electrons. The van der Waals surface area contributed by atoms with Crippen LogP contribution in [-0.4, -0.2) is 15.5 Å². The van der Waals surface area contributed by atoms with Crippen LogP contribution in [0.15, 0.2) is 89.6 Å². The molecule has 1 aromatic carbocycles. The molecule has 7 heteroatoms. The van der Waals surface area contributed by atoms with Crippen LogP contribution in [0.1, 0.15) is 47.5 Å². The number of halogens is 3. The molecule has 0 radical (unpaired) electrons. The number of rotatable bonds is 8. The molecule has 0 fully saturated rings. The molecule has 1 atom stereocenters. The fourth-order valence-electron chi connectivity index (χ4n) is 4.57. The number of carbonyl (C=O) groups is 1. The zero-order valence-corrected chi connectivity index (χ0v) is 22.0. The lowest BCUT2D eigenvalue weighted by molar-refractivity contribution is -0.112. The predicted molar refractivity (Wildman–Crippen MR) is 142 cm³/mol. The van der Waals surface area contributed by atoms with Crippen molar-refractivity contribution < 1.29 is 18.0 Å². The van der Waals surface area contributed by atoms with Crippen molar-refractivity contribution in [2.45, 2.75) is 54.0 Å². The molecule has 0 aliphatic heterocycles. The number of imidazole rings is 1. The van der Waals surface area contributed by atoms with Gasteiger partial charge in [0.05, 0.1) is 6.33 Å². The second kappa shape index (κ2) is 12.1. The van der Waals surface area contributed by atoms with Crippen LogP contribution >= 0.6 is 0 Å². The van der Waals surface area contributed by atoms with E-state index in [2.05, 4.69) is 47.8 Å². The van der Waals surface area contributed by atoms with Gasteiger partial charge in [-0.05, 0) is 56.1 Å². The zero-order chi connectivity index (χ0) is 27.2.